The number of Topliss-reactive ketones (excluding diaryl/α,β-unsaturated/α-hetero) is 1. The molecule has 0 saturated carbocycles. The number of nitrogens with zero attached hydrogens (tertiary/aromatic N) is 1. The van der Waals surface area contributed by atoms with E-state index in [1.165, 1.54) is 12.0 Å². The maximum absolute atomic E-state index is 13.3. The Labute approximate surface area is 278 Å². The highest BCUT2D eigenvalue weighted by atomic mass is 16.7. The van der Waals surface area contributed by atoms with Gasteiger partial charge in [-0.2, -0.15) is 0 Å². The minimum absolute atomic E-state index is 0.114. The number of likely N-dealkylation sites (tertiary alicyclic amines) is 1. The van der Waals surface area contributed by atoms with Crippen LogP contribution >= 0.6 is 0 Å². The van der Waals surface area contributed by atoms with Gasteiger partial charge in [-0.05, 0) is 52.0 Å². The van der Waals surface area contributed by atoms with Crippen molar-refractivity contribution in [2.24, 2.45) is 5.41 Å². The first-order valence-corrected chi connectivity index (χ1v) is 16.3. The smallest absolute Gasteiger partial charge is 0.290 e. The Balaban J connectivity index is 1.57. The number of allylic oxidation sites excluding steroid dienone is 3. The van der Waals surface area contributed by atoms with Gasteiger partial charge in [0.2, 0.25) is 29.9 Å². The molecule has 1 aliphatic carbocycles. The minimum atomic E-state index is -1.10. The summed E-state index contributed by atoms with van der Waals surface area (Å²) in [5.41, 5.74) is 0.0273. The van der Waals surface area contributed by atoms with Crippen molar-refractivity contribution >= 4 is 29.4 Å². The maximum atomic E-state index is 13.3. The second kappa shape index (κ2) is 17.3. The highest BCUT2D eigenvalue weighted by Gasteiger charge is 2.37. The molecule has 4 N–H and O–H groups in total. The van der Waals surface area contributed by atoms with E-state index in [2.05, 4.69) is 34.3 Å². The fraction of sp³-hybridized carbons (Fsp3) is 0.571. The van der Waals surface area contributed by atoms with Gasteiger partial charge in [0, 0.05) is 19.1 Å². The molecule has 0 radical (unpaired) electrons. The van der Waals surface area contributed by atoms with Crippen LogP contribution in [0.4, 0.5) is 0 Å². The Hall–Kier alpha value is -3.87. The number of ketones is 1. The normalized spacial score (nSPS) is 21.1. The van der Waals surface area contributed by atoms with Crippen LogP contribution in [0.25, 0.3) is 0 Å². The molecule has 1 aliphatic heterocycles. The predicted octanol–water partition coefficient (Wildman–Crippen LogP) is 2.66. The molecule has 4 amide bonds. The maximum Gasteiger partial charge on any atom is 0.290 e. The summed E-state index contributed by atoms with van der Waals surface area (Å²) in [6.07, 6.45) is 9.70. The Bertz CT molecular complexity index is 1310. The molecule has 1 aromatic carbocycles. The number of amides is 4. The number of benzene rings is 1. The monoisotopic (exact) mass is 653 g/mol. The molecule has 12 heteroatoms. The molecule has 2 aliphatic rings. The van der Waals surface area contributed by atoms with Crippen LogP contribution in [-0.2, 0) is 33.4 Å². The molecule has 258 valence electrons. The number of hydrogen-bond acceptors (Lipinski definition) is 8. The third-order valence-electron chi connectivity index (χ3n) is 8.19. The van der Waals surface area contributed by atoms with Gasteiger partial charge in [-0.3, -0.25) is 29.3 Å². The van der Waals surface area contributed by atoms with Crippen molar-refractivity contribution < 1.29 is 33.4 Å². The quantitative estimate of drug-likeness (QED) is 0.157. The highest BCUT2D eigenvalue weighted by molar-refractivity contribution is 6.38. The van der Waals surface area contributed by atoms with E-state index in [1.54, 1.807) is 0 Å². The molecule has 12 nitrogen and oxygen atoms in total. The van der Waals surface area contributed by atoms with Crippen molar-refractivity contribution in [3.63, 3.8) is 0 Å². The number of hydrogen-bond donors (Lipinski definition) is 4. The molecular formula is C35H51N5O7. The molecule has 5 atom stereocenters. The molecular weight excluding hydrogens is 602 g/mol. The summed E-state index contributed by atoms with van der Waals surface area (Å²) in [6, 6.07) is 7.34. The van der Waals surface area contributed by atoms with Crippen molar-refractivity contribution in [2.45, 2.75) is 96.9 Å². The van der Waals surface area contributed by atoms with E-state index in [9.17, 15) is 24.0 Å². The lowest BCUT2D eigenvalue weighted by Gasteiger charge is -2.36. The molecule has 1 aromatic rings. The highest BCUT2D eigenvalue weighted by Crippen LogP contribution is 2.40. The molecule has 4 unspecified atom stereocenters. The standard InChI is InChI=1S/C35H51N5O7/c1-7-15-25(38-31(44)26-18-14-21-40(26)28(42)23-37-33(46-6)47-34(2,3)4)29(43)32(45)36-22-27(41)39-30(24-16-10-8-11-17-24)35(5)19-12-9-13-20-35/h8-13,16-17,19,25-26,30,33,37H,7,14-15,18,20-23H2,1-6H3,(H,36,45)(H,38,44)(H,39,41)/t25?,26-,30?,33?,35?/m0/s1. The molecule has 0 aromatic heterocycles. The third-order valence-corrected chi connectivity index (χ3v) is 8.19. The lowest BCUT2D eigenvalue weighted by atomic mass is 9.74. The van der Waals surface area contributed by atoms with Crippen molar-refractivity contribution in [3.05, 3.63) is 60.2 Å². The van der Waals surface area contributed by atoms with Crippen molar-refractivity contribution in [3.8, 4) is 0 Å². The molecule has 0 spiro atoms. The van der Waals surface area contributed by atoms with Gasteiger partial charge in [-0.25, -0.2) is 0 Å². The van der Waals surface area contributed by atoms with Gasteiger partial charge in [0.05, 0.1) is 30.8 Å². The summed E-state index contributed by atoms with van der Waals surface area (Å²) in [5, 5.41) is 11.1. The number of carbonyl (C=O) groups is 5. The zero-order valence-corrected chi connectivity index (χ0v) is 28.5. The molecule has 47 heavy (non-hydrogen) atoms. The molecule has 3 rings (SSSR count). The fourth-order valence-corrected chi connectivity index (χ4v) is 5.78. The van der Waals surface area contributed by atoms with E-state index in [0.717, 1.165) is 5.56 Å². The average molecular weight is 654 g/mol. The van der Waals surface area contributed by atoms with E-state index in [1.807, 2.05) is 76.3 Å². The SMILES string of the molecule is CCCC(NC(=O)[C@@H]1CCCN1C(=O)CNC(OC)OC(C)(C)C)C(=O)C(=O)NCC(=O)NC(c1ccccc1)C1(C)C=CC=CC1. The van der Waals surface area contributed by atoms with Gasteiger partial charge in [-0.1, -0.05) is 74.9 Å². The average Bonchev–Trinajstić information content (AvgIpc) is 3.54. The number of methoxy groups -OCH3 is 1. The van der Waals surface area contributed by atoms with Gasteiger partial charge < -0.3 is 30.3 Å². The van der Waals surface area contributed by atoms with Crippen molar-refractivity contribution in [1.82, 2.24) is 26.2 Å². The Morgan fingerprint density at radius 3 is 2.38 bits per heavy atom. The lowest BCUT2D eigenvalue weighted by molar-refractivity contribution is -0.198. The van der Waals surface area contributed by atoms with E-state index in [0.29, 0.717) is 32.2 Å². The van der Waals surface area contributed by atoms with E-state index < -0.39 is 54.1 Å². The number of nitrogens with one attached hydrogen (secondary N) is 4. The zero-order valence-electron chi connectivity index (χ0n) is 28.5. The van der Waals surface area contributed by atoms with Crippen LogP contribution in [0.5, 0.6) is 0 Å². The molecule has 1 saturated heterocycles. The molecule has 0 bridgehead atoms. The second-order valence-corrected chi connectivity index (χ2v) is 13.2. The van der Waals surface area contributed by atoms with Crippen LogP contribution in [0.3, 0.4) is 0 Å². The Morgan fingerprint density at radius 2 is 1.77 bits per heavy atom. The van der Waals surface area contributed by atoms with Crippen molar-refractivity contribution in [1.29, 1.82) is 0 Å². The third kappa shape index (κ3) is 11.1. The Morgan fingerprint density at radius 1 is 1.04 bits per heavy atom. The van der Waals surface area contributed by atoms with Crippen LogP contribution in [0, 0.1) is 5.41 Å². The van der Waals surface area contributed by atoms with Crippen LogP contribution in [-0.4, -0.2) is 85.2 Å². The second-order valence-electron chi connectivity index (χ2n) is 13.2. The summed E-state index contributed by atoms with van der Waals surface area (Å²) in [4.78, 5) is 67.0. The molecule has 1 heterocycles. The van der Waals surface area contributed by atoms with Crippen LogP contribution < -0.4 is 21.3 Å². The van der Waals surface area contributed by atoms with Gasteiger partial charge in [0.25, 0.3) is 5.91 Å². The first kappa shape index (κ1) is 37.6. The van der Waals surface area contributed by atoms with Gasteiger partial charge in [-0.15, -0.1) is 0 Å². The Kier molecular flexibility index (Phi) is 13.9. The van der Waals surface area contributed by atoms with Crippen LogP contribution in [0.1, 0.15) is 78.3 Å². The number of carbonyl (C=O) groups excluding carboxylic acids is 5. The number of rotatable bonds is 16. The predicted molar refractivity (Wildman–Crippen MR) is 178 cm³/mol. The van der Waals surface area contributed by atoms with Crippen molar-refractivity contribution in [2.75, 3.05) is 26.7 Å². The van der Waals surface area contributed by atoms with Gasteiger partial charge in [0.15, 0.2) is 0 Å². The minimum Gasteiger partial charge on any atom is -0.347 e. The first-order chi connectivity index (χ1) is 22.3. The van der Waals surface area contributed by atoms with Crippen LogP contribution in [0.15, 0.2) is 54.6 Å². The summed E-state index contributed by atoms with van der Waals surface area (Å²) < 4.78 is 11.0. The lowest BCUT2D eigenvalue weighted by Crippen LogP contribution is -2.55. The van der Waals surface area contributed by atoms with E-state index in [-0.39, 0.29) is 30.3 Å². The van der Waals surface area contributed by atoms with Gasteiger partial charge >= 0.3 is 0 Å². The fourth-order valence-electron chi connectivity index (χ4n) is 5.78. The molecule has 1 fully saturated rings. The van der Waals surface area contributed by atoms with E-state index >= 15 is 0 Å². The summed E-state index contributed by atoms with van der Waals surface area (Å²) in [7, 11) is 1.46. The van der Waals surface area contributed by atoms with Gasteiger partial charge in [0.1, 0.15) is 6.04 Å². The number of ether oxygens (including phenoxy) is 2. The zero-order chi connectivity index (χ0) is 34.6. The summed E-state index contributed by atoms with van der Waals surface area (Å²) in [6.45, 7) is 9.34. The first-order valence-electron chi connectivity index (χ1n) is 16.3. The van der Waals surface area contributed by atoms with Crippen LogP contribution in [0.2, 0.25) is 0 Å². The summed E-state index contributed by atoms with van der Waals surface area (Å²) in [5.74, 6) is -3.07. The largest absolute Gasteiger partial charge is 0.347 e. The van der Waals surface area contributed by atoms with E-state index in [4.69, 9.17) is 9.47 Å². The topological polar surface area (TPSA) is 155 Å². The summed E-state index contributed by atoms with van der Waals surface area (Å²) >= 11 is 0.